The van der Waals surface area contributed by atoms with Gasteiger partial charge in [0, 0.05) is 37.4 Å². The Hall–Kier alpha value is -1.57. The summed E-state index contributed by atoms with van der Waals surface area (Å²) in [6, 6.07) is 3.46. The highest BCUT2D eigenvalue weighted by atomic mass is 35.5. The van der Waals surface area contributed by atoms with Gasteiger partial charge in [-0.2, -0.15) is 0 Å². The molecule has 1 saturated heterocycles. The number of hydrogen-bond donors (Lipinski definition) is 0. The first-order chi connectivity index (χ1) is 9.63. The van der Waals surface area contributed by atoms with Crippen LogP contribution in [0.1, 0.15) is 23.0 Å². The average molecular weight is 292 g/mol. The molecule has 0 spiro atoms. The van der Waals surface area contributed by atoms with E-state index >= 15 is 0 Å². The van der Waals surface area contributed by atoms with Crippen LogP contribution in [0.5, 0.6) is 0 Å². The molecule has 0 atom stereocenters. The van der Waals surface area contributed by atoms with Crippen LogP contribution in [0, 0.1) is 12.3 Å². The zero-order valence-electron chi connectivity index (χ0n) is 11.6. The van der Waals surface area contributed by atoms with Crippen molar-refractivity contribution in [2.24, 2.45) is 0 Å². The molecule has 1 aliphatic heterocycles. The van der Waals surface area contributed by atoms with Gasteiger partial charge in [-0.05, 0) is 18.6 Å². The molecule has 1 aromatic heterocycles. The Kier molecular flexibility index (Phi) is 4.99. The summed E-state index contributed by atoms with van der Waals surface area (Å²) >= 11 is 5.96. The topological polar surface area (TPSA) is 36.4 Å². The molecule has 1 aliphatic rings. The third-order valence-corrected chi connectivity index (χ3v) is 3.62. The third-order valence-electron chi connectivity index (χ3n) is 3.43. The molecule has 1 amide bonds. The second kappa shape index (κ2) is 6.74. The zero-order valence-corrected chi connectivity index (χ0v) is 12.4. The van der Waals surface area contributed by atoms with Gasteiger partial charge in [-0.15, -0.1) is 6.42 Å². The Labute approximate surface area is 124 Å². The van der Waals surface area contributed by atoms with Gasteiger partial charge in [-0.25, -0.2) is 4.98 Å². The SMILES string of the molecule is C#CCN1CCN(C(=O)c2cc(Cl)nc(CC)c2)CC1. The number of hydrogen-bond acceptors (Lipinski definition) is 3. The lowest BCUT2D eigenvalue weighted by molar-refractivity contribution is 0.0652. The first-order valence-electron chi connectivity index (χ1n) is 6.75. The lowest BCUT2D eigenvalue weighted by Gasteiger charge is -2.33. The molecule has 0 aromatic carbocycles. The van der Waals surface area contributed by atoms with Crippen LogP contribution in [0.15, 0.2) is 12.1 Å². The highest BCUT2D eigenvalue weighted by Gasteiger charge is 2.22. The molecule has 2 heterocycles. The van der Waals surface area contributed by atoms with Crippen LogP contribution >= 0.6 is 11.6 Å². The molecule has 0 radical (unpaired) electrons. The minimum atomic E-state index is 0.0179. The number of aryl methyl sites for hydroxylation is 1. The van der Waals surface area contributed by atoms with Gasteiger partial charge in [-0.1, -0.05) is 24.4 Å². The van der Waals surface area contributed by atoms with E-state index < -0.39 is 0 Å². The second-order valence-corrected chi connectivity index (χ2v) is 5.18. The molecule has 0 aliphatic carbocycles. The van der Waals surface area contributed by atoms with Crippen molar-refractivity contribution >= 4 is 17.5 Å². The maximum Gasteiger partial charge on any atom is 0.254 e. The van der Waals surface area contributed by atoms with Crippen LogP contribution < -0.4 is 0 Å². The summed E-state index contributed by atoms with van der Waals surface area (Å²) in [5, 5.41) is 0.374. The van der Waals surface area contributed by atoms with Crippen molar-refractivity contribution in [2.45, 2.75) is 13.3 Å². The largest absolute Gasteiger partial charge is 0.336 e. The van der Waals surface area contributed by atoms with Crippen molar-refractivity contribution in [1.82, 2.24) is 14.8 Å². The van der Waals surface area contributed by atoms with E-state index in [2.05, 4.69) is 15.8 Å². The molecule has 1 aromatic rings. The molecular formula is C15H18ClN3O. The van der Waals surface area contributed by atoms with Gasteiger partial charge in [0.2, 0.25) is 0 Å². The van der Waals surface area contributed by atoms with Gasteiger partial charge in [0.05, 0.1) is 6.54 Å². The summed E-state index contributed by atoms with van der Waals surface area (Å²) in [4.78, 5) is 20.7. The summed E-state index contributed by atoms with van der Waals surface area (Å²) < 4.78 is 0. The van der Waals surface area contributed by atoms with Gasteiger partial charge < -0.3 is 4.90 Å². The average Bonchev–Trinajstić information content (AvgIpc) is 2.47. The molecule has 0 bridgehead atoms. The van der Waals surface area contributed by atoms with Crippen LogP contribution in [0.4, 0.5) is 0 Å². The third kappa shape index (κ3) is 3.50. The maximum atomic E-state index is 12.5. The van der Waals surface area contributed by atoms with Crippen molar-refractivity contribution in [3.63, 3.8) is 0 Å². The van der Waals surface area contributed by atoms with Gasteiger partial charge in [0.1, 0.15) is 5.15 Å². The number of piperazine rings is 1. The van der Waals surface area contributed by atoms with E-state index in [0.717, 1.165) is 25.2 Å². The highest BCUT2D eigenvalue weighted by Crippen LogP contribution is 2.15. The first-order valence-corrected chi connectivity index (χ1v) is 7.13. The van der Waals surface area contributed by atoms with E-state index in [4.69, 9.17) is 18.0 Å². The van der Waals surface area contributed by atoms with Crippen molar-refractivity contribution in [1.29, 1.82) is 0 Å². The lowest BCUT2D eigenvalue weighted by Crippen LogP contribution is -2.48. The van der Waals surface area contributed by atoms with Gasteiger partial charge >= 0.3 is 0 Å². The van der Waals surface area contributed by atoms with Gasteiger partial charge in [0.15, 0.2) is 0 Å². The number of amides is 1. The van der Waals surface area contributed by atoms with E-state index in [0.29, 0.717) is 30.4 Å². The molecule has 2 rings (SSSR count). The molecule has 1 fully saturated rings. The smallest absolute Gasteiger partial charge is 0.254 e. The van der Waals surface area contributed by atoms with Crippen LogP contribution in [0.25, 0.3) is 0 Å². The summed E-state index contributed by atoms with van der Waals surface area (Å²) in [5.74, 6) is 2.65. The number of rotatable bonds is 3. The number of pyridine rings is 1. The number of carbonyl (C=O) groups is 1. The van der Waals surface area contributed by atoms with E-state index in [1.165, 1.54) is 0 Å². The lowest BCUT2D eigenvalue weighted by atomic mass is 10.1. The van der Waals surface area contributed by atoms with Crippen molar-refractivity contribution < 1.29 is 4.79 Å². The van der Waals surface area contributed by atoms with Crippen molar-refractivity contribution in [2.75, 3.05) is 32.7 Å². The predicted octanol–water partition coefficient (Wildman–Crippen LogP) is 1.69. The number of carbonyl (C=O) groups excluding carboxylic acids is 1. The number of nitrogens with zero attached hydrogens (tertiary/aromatic N) is 3. The van der Waals surface area contributed by atoms with E-state index in [1.807, 2.05) is 17.9 Å². The van der Waals surface area contributed by atoms with E-state index in [-0.39, 0.29) is 5.91 Å². The summed E-state index contributed by atoms with van der Waals surface area (Å²) in [7, 11) is 0. The van der Waals surface area contributed by atoms with Crippen LogP contribution in [-0.2, 0) is 6.42 Å². The normalized spacial score (nSPS) is 15.9. The number of terminal acetylenes is 1. The Balaban J connectivity index is 2.05. The molecular weight excluding hydrogens is 274 g/mol. The summed E-state index contributed by atoms with van der Waals surface area (Å²) in [5.41, 5.74) is 1.46. The van der Waals surface area contributed by atoms with E-state index in [9.17, 15) is 4.79 Å². The Morgan fingerprint density at radius 2 is 2.10 bits per heavy atom. The molecule has 106 valence electrons. The van der Waals surface area contributed by atoms with E-state index in [1.54, 1.807) is 6.07 Å². The van der Waals surface area contributed by atoms with Crippen LogP contribution in [0.3, 0.4) is 0 Å². The summed E-state index contributed by atoms with van der Waals surface area (Å²) in [6.45, 7) is 5.66. The molecule has 0 N–H and O–H groups in total. The van der Waals surface area contributed by atoms with Crippen LogP contribution in [0.2, 0.25) is 5.15 Å². The molecule has 0 saturated carbocycles. The fourth-order valence-electron chi connectivity index (χ4n) is 2.28. The Bertz CT molecular complexity index is 530. The molecule has 0 unspecified atom stereocenters. The highest BCUT2D eigenvalue weighted by molar-refractivity contribution is 6.29. The zero-order chi connectivity index (χ0) is 14.5. The van der Waals surface area contributed by atoms with Crippen molar-refractivity contribution in [3.8, 4) is 12.3 Å². The van der Waals surface area contributed by atoms with Gasteiger partial charge in [0.25, 0.3) is 5.91 Å². The standard InChI is InChI=1S/C15H18ClN3O/c1-3-5-18-6-8-19(9-7-18)15(20)12-10-13(4-2)17-14(16)11-12/h1,10-11H,4-9H2,2H3. The quantitative estimate of drug-likeness (QED) is 0.628. The molecule has 20 heavy (non-hydrogen) atoms. The monoisotopic (exact) mass is 291 g/mol. The summed E-state index contributed by atoms with van der Waals surface area (Å²) in [6.07, 6.45) is 6.06. The fourth-order valence-corrected chi connectivity index (χ4v) is 2.50. The first kappa shape index (κ1) is 14.8. The maximum absolute atomic E-state index is 12.5. The Morgan fingerprint density at radius 1 is 1.40 bits per heavy atom. The van der Waals surface area contributed by atoms with Crippen molar-refractivity contribution in [3.05, 3.63) is 28.5 Å². The molecule has 4 nitrogen and oxygen atoms in total. The van der Waals surface area contributed by atoms with Crippen LogP contribution in [-0.4, -0.2) is 53.4 Å². The fraction of sp³-hybridized carbons (Fsp3) is 0.467. The number of aromatic nitrogens is 1. The minimum Gasteiger partial charge on any atom is -0.336 e. The second-order valence-electron chi connectivity index (χ2n) is 4.80. The number of halogens is 1. The molecule has 5 heteroatoms. The Morgan fingerprint density at radius 3 is 2.70 bits per heavy atom. The minimum absolute atomic E-state index is 0.0179. The predicted molar refractivity (Wildman–Crippen MR) is 79.8 cm³/mol. The van der Waals surface area contributed by atoms with Gasteiger partial charge in [-0.3, -0.25) is 9.69 Å².